The van der Waals surface area contributed by atoms with Gasteiger partial charge in [-0.1, -0.05) is 6.07 Å². The minimum Gasteiger partial charge on any atom is -0.355 e. The minimum atomic E-state index is -3.63. The normalized spacial score (nSPS) is 12.8. The van der Waals surface area contributed by atoms with Crippen molar-refractivity contribution in [1.29, 1.82) is 0 Å². The molecule has 0 bridgehead atoms. The fourth-order valence-electron chi connectivity index (χ4n) is 3.09. The van der Waals surface area contributed by atoms with Gasteiger partial charge in [-0.3, -0.25) is 14.4 Å². The molecule has 8 nitrogen and oxygen atoms in total. The molecular formula is C20H32FIN6O2S. The third kappa shape index (κ3) is 7.95. The van der Waals surface area contributed by atoms with Gasteiger partial charge in [-0.05, 0) is 57.4 Å². The fourth-order valence-corrected chi connectivity index (χ4v) is 4.05. The highest BCUT2D eigenvalue weighted by Crippen LogP contribution is 2.15. The molecule has 0 saturated heterocycles. The first kappa shape index (κ1) is 27.1. The second-order valence-electron chi connectivity index (χ2n) is 7.41. The standard InChI is InChI=1S/C20H31FN6O2S.HI/c1-13-7-8-17(12-19(13)21)26-30(28,29)10-9-23-20(22-5)24-14(2)11-18-15(3)25-27(6)16(18)4;/h7-8,12,14,26H,9-11H2,1-6H3,(H2,22,23,24);1H. The Morgan fingerprint density at radius 1 is 1.29 bits per heavy atom. The Kier molecular flexibility index (Phi) is 10.2. The average Bonchev–Trinajstić information content (AvgIpc) is 2.89. The van der Waals surface area contributed by atoms with Gasteiger partial charge in [0, 0.05) is 32.4 Å². The summed E-state index contributed by atoms with van der Waals surface area (Å²) in [5.74, 6) is -0.123. The van der Waals surface area contributed by atoms with Crippen molar-refractivity contribution >= 4 is 45.6 Å². The molecule has 31 heavy (non-hydrogen) atoms. The van der Waals surface area contributed by atoms with Crippen LogP contribution in [0, 0.1) is 26.6 Å². The van der Waals surface area contributed by atoms with Crippen LogP contribution >= 0.6 is 24.0 Å². The van der Waals surface area contributed by atoms with Gasteiger partial charge in [-0.2, -0.15) is 5.10 Å². The Bertz CT molecular complexity index is 1020. The van der Waals surface area contributed by atoms with E-state index in [1.807, 2.05) is 32.5 Å². The van der Waals surface area contributed by atoms with Gasteiger partial charge < -0.3 is 10.6 Å². The van der Waals surface area contributed by atoms with Gasteiger partial charge in [-0.15, -0.1) is 24.0 Å². The van der Waals surface area contributed by atoms with Crippen LogP contribution in [0.15, 0.2) is 23.2 Å². The molecule has 174 valence electrons. The Labute approximate surface area is 201 Å². The molecule has 0 spiro atoms. The Balaban J connectivity index is 0.00000480. The molecule has 11 heteroatoms. The van der Waals surface area contributed by atoms with Crippen LogP contribution in [0.1, 0.15) is 29.4 Å². The van der Waals surface area contributed by atoms with Crippen molar-refractivity contribution in [2.75, 3.05) is 24.1 Å². The van der Waals surface area contributed by atoms with Crippen molar-refractivity contribution in [3.8, 4) is 0 Å². The van der Waals surface area contributed by atoms with Gasteiger partial charge in [0.1, 0.15) is 5.82 Å². The number of aryl methyl sites for hydroxylation is 3. The minimum absolute atomic E-state index is 0. The van der Waals surface area contributed by atoms with Crippen LogP contribution in [0.5, 0.6) is 0 Å². The monoisotopic (exact) mass is 566 g/mol. The molecule has 0 fully saturated rings. The predicted molar refractivity (Wildman–Crippen MR) is 134 cm³/mol. The van der Waals surface area contributed by atoms with E-state index in [0.717, 1.165) is 17.8 Å². The maximum atomic E-state index is 13.6. The molecule has 2 aromatic rings. The van der Waals surface area contributed by atoms with Gasteiger partial charge in [-0.25, -0.2) is 12.8 Å². The molecule has 1 heterocycles. The van der Waals surface area contributed by atoms with Gasteiger partial charge in [0.2, 0.25) is 10.0 Å². The van der Waals surface area contributed by atoms with Crippen molar-refractivity contribution in [3.05, 3.63) is 46.5 Å². The van der Waals surface area contributed by atoms with E-state index in [2.05, 4.69) is 25.4 Å². The van der Waals surface area contributed by atoms with E-state index in [1.54, 1.807) is 14.0 Å². The summed E-state index contributed by atoms with van der Waals surface area (Å²) in [6, 6.07) is 4.31. The Hall–Kier alpha value is -1.89. The number of nitrogens with zero attached hydrogens (tertiary/aromatic N) is 3. The SMILES string of the molecule is CN=C(NCCS(=O)(=O)Nc1ccc(C)c(F)c1)NC(C)Cc1c(C)nn(C)c1C.I. The molecule has 0 saturated carbocycles. The van der Waals surface area contributed by atoms with Crippen LogP contribution in [0.25, 0.3) is 0 Å². The summed E-state index contributed by atoms with van der Waals surface area (Å²) in [6.45, 7) is 7.82. The van der Waals surface area contributed by atoms with Crippen LogP contribution in [0.2, 0.25) is 0 Å². The zero-order chi connectivity index (χ0) is 22.5. The largest absolute Gasteiger partial charge is 0.355 e. The van der Waals surface area contributed by atoms with Crippen molar-refractivity contribution in [2.45, 2.75) is 40.2 Å². The van der Waals surface area contributed by atoms with Crippen LogP contribution in [-0.4, -0.2) is 49.5 Å². The summed E-state index contributed by atoms with van der Waals surface area (Å²) >= 11 is 0. The number of anilines is 1. The lowest BCUT2D eigenvalue weighted by molar-refractivity contribution is 0.598. The summed E-state index contributed by atoms with van der Waals surface area (Å²) in [4.78, 5) is 4.15. The number of guanidine groups is 1. The molecule has 0 aliphatic rings. The third-order valence-corrected chi connectivity index (χ3v) is 6.17. The quantitative estimate of drug-likeness (QED) is 0.259. The van der Waals surface area contributed by atoms with Gasteiger partial charge in [0.25, 0.3) is 0 Å². The third-order valence-electron chi connectivity index (χ3n) is 4.88. The molecule has 0 amide bonds. The highest BCUT2D eigenvalue weighted by Gasteiger charge is 2.15. The summed E-state index contributed by atoms with van der Waals surface area (Å²) < 4.78 is 42.4. The molecule has 1 unspecified atom stereocenters. The highest BCUT2D eigenvalue weighted by atomic mass is 127. The average molecular weight is 566 g/mol. The first-order chi connectivity index (χ1) is 14.0. The molecule has 0 aliphatic carbocycles. The second kappa shape index (κ2) is 11.7. The lowest BCUT2D eigenvalue weighted by Gasteiger charge is -2.18. The van der Waals surface area contributed by atoms with Crippen LogP contribution < -0.4 is 15.4 Å². The number of halogens is 2. The first-order valence-corrected chi connectivity index (χ1v) is 11.4. The topological polar surface area (TPSA) is 100 Å². The van der Waals surface area contributed by atoms with E-state index in [-0.39, 0.29) is 48.0 Å². The van der Waals surface area contributed by atoms with E-state index in [1.165, 1.54) is 23.8 Å². The van der Waals surface area contributed by atoms with Crippen molar-refractivity contribution in [2.24, 2.45) is 12.0 Å². The lowest BCUT2D eigenvalue weighted by Crippen LogP contribution is -2.44. The number of hydrogen-bond acceptors (Lipinski definition) is 4. The molecule has 0 aliphatic heterocycles. The highest BCUT2D eigenvalue weighted by molar-refractivity contribution is 14.0. The number of benzene rings is 1. The molecular weight excluding hydrogens is 534 g/mol. The van der Waals surface area contributed by atoms with Crippen LogP contribution in [0.4, 0.5) is 10.1 Å². The van der Waals surface area contributed by atoms with Gasteiger partial charge >= 0.3 is 0 Å². The zero-order valence-corrected chi connectivity index (χ0v) is 21.9. The maximum absolute atomic E-state index is 13.6. The van der Waals surface area contributed by atoms with E-state index in [4.69, 9.17) is 0 Å². The number of aliphatic imine (C=N–C) groups is 1. The summed E-state index contributed by atoms with van der Waals surface area (Å²) in [5, 5.41) is 10.7. The lowest BCUT2D eigenvalue weighted by atomic mass is 10.1. The number of sulfonamides is 1. The second-order valence-corrected chi connectivity index (χ2v) is 9.25. The predicted octanol–water partition coefficient (Wildman–Crippen LogP) is 2.64. The van der Waals surface area contributed by atoms with E-state index >= 15 is 0 Å². The molecule has 1 aromatic carbocycles. The van der Waals surface area contributed by atoms with E-state index in [9.17, 15) is 12.8 Å². The maximum Gasteiger partial charge on any atom is 0.234 e. The molecule has 2 rings (SSSR count). The van der Waals surface area contributed by atoms with Crippen molar-refractivity contribution in [3.63, 3.8) is 0 Å². The van der Waals surface area contributed by atoms with Crippen molar-refractivity contribution in [1.82, 2.24) is 20.4 Å². The summed E-state index contributed by atoms with van der Waals surface area (Å²) in [5.41, 5.74) is 3.96. The number of nitrogens with one attached hydrogen (secondary N) is 3. The Morgan fingerprint density at radius 3 is 2.52 bits per heavy atom. The van der Waals surface area contributed by atoms with E-state index < -0.39 is 15.8 Å². The molecule has 0 radical (unpaired) electrons. The van der Waals surface area contributed by atoms with Crippen LogP contribution in [-0.2, 0) is 23.5 Å². The number of rotatable bonds is 8. The molecule has 1 atom stereocenters. The molecule has 1 aromatic heterocycles. The summed E-state index contributed by atoms with van der Waals surface area (Å²) in [6.07, 6.45) is 0.769. The fraction of sp³-hybridized carbons (Fsp3) is 0.500. The number of hydrogen-bond donors (Lipinski definition) is 3. The van der Waals surface area contributed by atoms with Gasteiger partial charge in [0.15, 0.2) is 5.96 Å². The zero-order valence-electron chi connectivity index (χ0n) is 18.8. The van der Waals surface area contributed by atoms with E-state index in [0.29, 0.717) is 11.5 Å². The van der Waals surface area contributed by atoms with Crippen molar-refractivity contribution < 1.29 is 12.8 Å². The Morgan fingerprint density at radius 2 is 1.97 bits per heavy atom. The van der Waals surface area contributed by atoms with Gasteiger partial charge in [0.05, 0.1) is 17.1 Å². The smallest absolute Gasteiger partial charge is 0.234 e. The molecule has 3 N–H and O–H groups in total. The summed E-state index contributed by atoms with van der Waals surface area (Å²) in [7, 11) is -0.0767. The number of aromatic nitrogens is 2. The first-order valence-electron chi connectivity index (χ1n) is 9.75. The van der Waals surface area contributed by atoms with Crippen LogP contribution in [0.3, 0.4) is 0 Å².